The smallest absolute Gasteiger partial charge is 0.254 e. The summed E-state index contributed by atoms with van der Waals surface area (Å²) < 4.78 is 24.5. The van der Waals surface area contributed by atoms with Crippen LogP contribution in [-0.4, -0.2) is 45.7 Å². The van der Waals surface area contributed by atoms with E-state index in [0.29, 0.717) is 11.3 Å². The van der Waals surface area contributed by atoms with E-state index in [-0.39, 0.29) is 18.2 Å². The number of hydrogen-bond acceptors (Lipinski definition) is 5. The van der Waals surface area contributed by atoms with Crippen molar-refractivity contribution in [2.45, 2.75) is 0 Å². The molecule has 7 nitrogen and oxygen atoms in total. The maximum atomic E-state index is 11.8. The Bertz CT molecular complexity index is 516. The summed E-state index contributed by atoms with van der Waals surface area (Å²) in [4.78, 5) is 15.6. The third-order valence-corrected chi connectivity index (χ3v) is 3.67. The second-order valence-electron chi connectivity index (χ2n) is 3.45. The molecule has 0 saturated heterocycles. The zero-order valence-corrected chi connectivity index (χ0v) is 11.0. The van der Waals surface area contributed by atoms with Gasteiger partial charge in [0, 0.05) is 31.7 Å². The van der Waals surface area contributed by atoms with Crippen molar-refractivity contribution in [1.82, 2.24) is 15.0 Å². The third-order valence-electron chi connectivity index (χ3n) is 2.30. The molecule has 0 spiro atoms. The van der Waals surface area contributed by atoms with E-state index >= 15 is 0 Å². The van der Waals surface area contributed by atoms with Gasteiger partial charge in [0.05, 0.1) is 11.3 Å². The summed E-state index contributed by atoms with van der Waals surface area (Å²) in [5.41, 5.74) is 1.01. The number of carbonyl (C=O) groups is 1. The number of pyridine rings is 1. The van der Waals surface area contributed by atoms with Crippen molar-refractivity contribution < 1.29 is 13.2 Å². The minimum absolute atomic E-state index is 0.0417. The first kappa shape index (κ1) is 14.4. The summed E-state index contributed by atoms with van der Waals surface area (Å²) in [6, 6.07) is 1.67. The van der Waals surface area contributed by atoms with Gasteiger partial charge < -0.3 is 10.6 Å². The first-order valence-corrected chi connectivity index (χ1v) is 6.96. The van der Waals surface area contributed by atoms with Crippen molar-refractivity contribution >= 4 is 21.6 Å². The highest BCUT2D eigenvalue weighted by Gasteiger charge is 2.12. The second-order valence-corrected chi connectivity index (χ2v) is 5.50. The van der Waals surface area contributed by atoms with E-state index in [1.54, 1.807) is 19.3 Å². The monoisotopic (exact) mass is 272 g/mol. The van der Waals surface area contributed by atoms with Crippen molar-refractivity contribution in [3.8, 4) is 0 Å². The predicted octanol–water partition coefficient (Wildman–Crippen LogP) is -0.598. The zero-order valence-electron chi connectivity index (χ0n) is 10.2. The summed E-state index contributed by atoms with van der Waals surface area (Å²) in [5.74, 6) is -0.525. The quantitative estimate of drug-likeness (QED) is 0.642. The summed E-state index contributed by atoms with van der Waals surface area (Å²) in [5, 5.41) is 5.39. The molecule has 0 aliphatic rings. The van der Waals surface area contributed by atoms with E-state index in [9.17, 15) is 13.2 Å². The van der Waals surface area contributed by atoms with Crippen LogP contribution < -0.4 is 15.4 Å². The first-order valence-electron chi connectivity index (χ1n) is 5.31. The van der Waals surface area contributed by atoms with E-state index in [2.05, 4.69) is 20.3 Å². The van der Waals surface area contributed by atoms with Crippen molar-refractivity contribution in [2.75, 3.05) is 31.7 Å². The van der Waals surface area contributed by atoms with Gasteiger partial charge in [-0.15, -0.1) is 0 Å². The molecule has 0 unspecified atom stereocenters. The Kier molecular flexibility index (Phi) is 5.05. The molecule has 0 aliphatic carbocycles. The second kappa shape index (κ2) is 6.31. The van der Waals surface area contributed by atoms with Crippen molar-refractivity contribution in [3.63, 3.8) is 0 Å². The van der Waals surface area contributed by atoms with Crippen LogP contribution in [0.25, 0.3) is 0 Å². The molecule has 0 fully saturated rings. The number of nitrogens with zero attached hydrogens (tertiary/aromatic N) is 1. The fraction of sp³-hybridized carbons (Fsp3) is 0.400. The molecule has 100 valence electrons. The lowest BCUT2D eigenvalue weighted by Crippen LogP contribution is -2.33. The molecule has 0 aliphatic heterocycles. The third kappa shape index (κ3) is 3.97. The minimum Gasteiger partial charge on any atom is -0.387 e. The highest BCUT2D eigenvalue weighted by molar-refractivity contribution is 7.89. The molecular formula is C10H16N4O3S. The van der Waals surface area contributed by atoms with E-state index in [0.717, 1.165) is 0 Å². The molecule has 1 aromatic heterocycles. The van der Waals surface area contributed by atoms with Crippen LogP contribution >= 0.6 is 0 Å². The molecule has 3 N–H and O–H groups in total. The number of aromatic nitrogens is 1. The van der Waals surface area contributed by atoms with Gasteiger partial charge in [0.25, 0.3) is 5.91 Å². The zero-order chi connectivity index (χ0) is 13.6. The lowest BCUT2D eigenvalue weighted by Gasteiger charge is -2.09. The highest BCUT2D eigenvalue weighted by atomic mass is 32.2. The van der Waals surface area contributed by atoms with Crippen LogP contribution in [0.3, 0.4) is 0 Å². The van der Waals surface area contributed by atoms with Gasteiger partial charge in [0.15, 0.2) is 0 Å². The molecule has 8 heteroatoms. The molecule has 1 heterocycles. The Labute approximate surface area is 106 Å². The van der Waals surface area contributed by atoms with E-state index < -0.39 is 10.0 Å². The van der Waals surface area contributed by atoms with E-state index in [1.807, 2.05) is 0 Å². The fourth-order valence-electron chi connectivity index (χ4n) is 1.29. The molecule has 0 aromatic carbocycles. The molecular weight excluding hydrogens is 256 g/mol. The molecule has 18 heavy (non-hydrogen) atoms. The maximum Gasteiger partial charge on any atom is 0.254 e. The van der Waals surface area contributed by atoms with Gasteiger partial charge in [0.1, 0.15) is 0 Å². The topological polar surface area (TPSA) is 100 Å². The summed E-state index contributed by atoms with van der Waals surface area (Å²) in [6.45, 7) is 0.0417. The molecule has 0 bridgehead atoms. The lowest BCUT2D eigenvalue weighted by molar-refractivity contribution is 0.0956. The predicted molar refractivity (Wildman–Crippen MR) is 69.0 cm³/mol. The molecule has 0 atom stereocenters. The van der Waals surface area contributed by atoms with Crippen LogP contribution in [-0.2, 0) is 10.0 Å². The number of anilines is 1. The molecule has 1 amide bonds. The average Bonchev–Trinajstić information content (AvgIpc) is 2.38. The largest absolute Gasteiger partial charge is 0.387 e. The van der Waals surface area contributed by atoms with Gasteiger partial charge in [0.2, 0.25) is 10.0 Å². The number of nitrogens with one attached hydrogen (secondary N) is 3. The average molecular weight is 272 g/mol. The van der Waals surface area contributed by atoms with Crippen molar-refractivity contribution in [1.29, 1.82) is 0 Å². The summed E-state index contributed by atoms with van der Waals surface area (Å²) in [7, 11) is -0.286. The Morgan fingerprint density at radius 1 is 1.39 bits per heavy atom. The normalized spacial score (nSPS) is 11.0. The van der Waals surface area contributed by atoms with Gasteiger partial charge in [-0.3, -0.25) is 9.78 Å². The molecule has 1 rings (SSSR count). The van der Waals surface area contributed by atoms with Crippen LogP contribution in [0.2, 0.25) is 0 Å². The Hall–Kier alpha value is -1.67. The van der Waals surface area contributed by atoms with Crippen LogP contribution in [0.5, 0.6) is 0 Å². The van der Waals surface area contributed by atoms with Crippen LogP contribution in [0.1, 0.15) is 10.4 Å². The van der Waals surface area contributed by atoms with Crippen LogP contribution in [0.15, 0.2) is 18.5 Å². The number of sulfonamides is 1. The SMILES string of the molecule is CNc1ccncc1C(=O)NCCS(=O)(=O)NC. The Morgan fingerprint density at radius 3 is 2.72 bits per heavy atom. The highest BCUT2D eigenvalue weighted by Crippen LogP contribution is 2.11. The van der Waals surface area contributed by atoms with Gasteiger partial charge >= 0.3 is 0 Å². The van der Waals surface area contributed by atoms with E-state index in [1.165, 1.54) is 13.2 Å². The van der Waals surface area contributed by atoms with Crippen molar-refractivity contribution in [2.24, 2.45) is 0 Å². The van der Waals surface area contributed by atoms with Gasteiger partial charge in [-0.25, -0.2) is 13.1 Å². The fourth-order valence-corrected chi connectivity index (χ4v) is 1.86. The van der Waals surface area contributed by atoms with Gasteiger partial charge in [-0.1, -0.05) is 0 Å². The van der Waals surface area contributed by atoms with Gasteiger partial charge in [-0.2, -0.15) is 0 Å². The Balaban J connectivity index is 2.61. The maximum absolute atomic E-state index is 11.8. The number of hydrogen-bond donors (Lipinski definition) is 3. The molecule has 0 radical (unpaired) electrons. The Morgan fingerprint density at radius 2 is 2.11 bits per heavy atom. The van der Waals surface area contributed by atoms with E-state index in [4.69, 9.17) is 0 Å². The van der Waals surface area contributed by atoms with Crippen molar-refractivity contribution in [3.05, 3.63) is 24.0 Å². The van der Waals surface area contributed by atoms with Gasteiger partial charge in [-0.05, 0) is 13.1 Å². The van der Waals surface area contributed by atoms with Crippen LogP contribution in [0, 0.1) is 0 Å². The van der Waals surface area contributed by atoms with Crippen LogP contribution in [0.4, 0.5) is 5.69 Å². The lowest BCUT2D eigenvalue weighted by atomic mass is 10.2. The minimum atomic E-state index is -3.31. The summed E-state index contributed by atoms with van der Waals surface area (Å²) >= 11 is 0. The molecule has 1 aromatic rings. The number of carbonyl (C=O) groups excluding carboxylic acids is 1. The molecule has 0 saturated carbocycles. The number of amides is 1. The summed E-state index contributed by atoms with van der Waals surface area (Å²) in [6.07, 6.45) is 2.99. The first-order chi connectivity index (χ1) is 8.50. The standard InChI is InChI=1S/C10H16N4O3S/c1-11-9-3-4-13-7-8(9)10(15)14-5-6-18(16,17)12-2/h3-4,7,12H,5-6H2,1-2H3,(H,11,13)(H,14,15). The number of rotatable bonds is 6.